The Hall–Kier alpha value is -2.78. The zero-order valence-corrected chi connectivity index (χ0v) is 10.8. The van der Waals surface area contributed by atoms with Crippen molar-refractivity contribution in [3.8, 4) is 0 Å². The van der Waals surface area contributed by atoms with Gasteiger partial charge >= 0.3 is 5.97 Å². The predicted molar refractivity (Wildman–Crippen MR) is 66.1 cm³/mol. The monoisotopic (exact) mass is 299 g/mol. The smallest absolute Gasteiger partial charge is 0.358 e. The van der Waals surface area contributed by atoms with Crippen molar-refractivity contribution in [1.29, 1.82) is 0 Å². The molecule has 0 bridgehead atoms. The van der Waals surface area contributed by atoms with Crippen LogP contribution < -0.4 is 5.32 Å². The second-order valence-electron chi connectivity index (χ2n) is 3.92. The van der Waals surface area contributed by atoms with E-state index in [4.69, 9.17) is 0 Å². The van der Waals surface area contributed by atoms with Crippen molar-refractivity contribution in [2.45, 2.75) is 13.0 Å². The highest BCUT2D eigenvalue weighted by atomic mass is 19.3. The van der Waals surface area contributed by atoms with Gasteiger partial charge in [0, 0.05) is 6.20 Å². The summed E-state index contributed by atoms with van der Waals surface area (Å²) in [6, 6.07) is 1.29. The number of nitrogens with one attached hydrogen (secondary N) is 2. The number of nitrogens with zero attached hydrogens (tertiary/aromatic N) is 3. The maximum Gasteiger partial charge on any atom is 0.358 e. The third-order valence-electron chi connectivity index (χ3n) is 2.48. The van der Waals surface area contributed by atoms with Gasteiger partial charge in [-0.05, 0) is 6.07 Å². The van der Waals surface area contributed by atoms with Crippen LogP contribution in [0, 0.1) is 0 Å². The molecule has 1 amide bonds. The highest BCUT2D eigenvalue weighted by molar-refractivity contribution is 6.06. The minimum Gasteiger partial charge on any atom is -0.464 e. The molecular weight excluding hydrogens is 288 g/mol. The second-order valence-corrected chi connectivity index (χ2v) is 3.92. The molecule has 0 aliphatic heterocycles. The minimum absolute atomic E-state index is 0.0298. The lowest BCUT2D eigenvalue weighted by Gasteiger charge is -2.03. The molecular formula is C11H11F2N5O3. The van der Waals surface area contributed by atoms with Crippen LogP contribution in [0.5, 0.6) is 0 Å². The van der Waals surface area contributed by atoms with E-state index in [-0.39, 0.29) is 17.1 Å². The maximum atomic E-state index is 12.2. The number of carbonyl (C=O) groups excluding carboxylic acids is 2. The molecule has 0 radical (unpaired) electrons. The van der Waals surface area contributed by atoms with Crippen LogP contribution in [-0.4, -0.2) is 45.4 Å². The standard InChI is InChI=1S/C11H11F2N5O3/c1-21-11(20)9-7(4-14-16-9)15-10(19)6-2-3-18(17-6)5-8(12)13/h2-4,8H,5H2,1H3,(H,14,16)(H,15,19). The van der Waals surface area contributed by atoms with Crippen LogP contribution in [0.15, 0.2) is 18.5 Å². The van der Waals surface area contributed by atoms with Gasteiger partial charge in [-0.3, -0.25) is 14.6 Å². The van der Waals surface area contributed by atoms with Crippen molar-refractivity contribution in [3.05, 3.63) is 29.8 Å². The fourth-order valence-electron chi connectivity index (χ4n) is 1.55. The van der Waals surface area contributed by atoms with E-state index in [0.717, 1.165) is 4.68 Å². The number of aromatic nitrogens is 4. The zero-order valence-electron chi connectivity index (χ0n) is 10.8. The lowest BCUT2D eigenvalue weighted by molar-refractivity contribution is 0.0595. The molecule has 2 rings (SSSR count). The quantitative estimate of drug-likeness (QED) is 0.799. The average molecular weight is 299 g/mol. The molecule has 0 saturated carbocycles. The number of H-pyrrole nitrogens is 1. The van der Waals surface area contributed by atoms with Crippen molar-refractivity contribution in [2.24, 2.45) is 0 Å². The van der Waals surface area contributed by atoms with Gasteiger partial charge in [0.1, 0.15) is 6.54 Å². The average Bonchev–Trinajstić information content (AvgIpc) is 3.06. The van der Waals surface area contributed by atoms with Crippen molar-refractivity contribution in [2.75, 3.05) is 12.4 Å². The van der Waals surface area contributed by atoms with Gasteiger partial charge in [-0.15, -0.1) is 0 Å². The molecule has 0 unspecified atom stereocenters. The number of halogens is 2. The van der Waals surface area contributed by atoms with Gasteiger partial charge in [0.25, 0.3) is 12.3 Å². The Bertz CT molecular complexity index is 652. The van der Waals surface area contributed by atoms with E-state index in [1.165, 1.54) is 25.6 Å². The van der Waals surface area contributed by atoms with Gasteiger partial charge in [0.2, 0.25) is 0 Å². The minimum atomic E-state index is -2.57. The first kappa shape index (κ1) is 14.6. The van der Waals surface area contributed by atoms with Crippen LogP contribution >= 0.6 is 0 Å². The summed E-state index contributed by atoms with van der Waals surface area (Å²) in [5.74, 6) is -1.36. The Morgan fingerprint density at radius 3 is 2.95 bits per heavy atom. The molecule has 0 aliphatic rings. The summed E-state index contributed by atoms with van der Waals surface area (Å²) in [7, 11) is 1.18. The van der Waals surface area contributed by atoms with Crippen LogP contribution in [0.2, 0.25) is 0 Å². The number of ether oxygens (including phenoxy) is 1. The topological polar surface area (TPSA) is 102 Å². The predicted octanol–water partition coefficient (Wildman–Crippen LogP) is 0.910. The van der Waals surface area contributed by atoms with Crippen LogP contribution in [0.1, 0.15) is 21.0 Å². The molecule has 0 aromatic carbocycles. The first-order chi connectivity index (χ1) is 10.0. The van der Waals surface area contributed by atoms with E-state index < -0.39 is 24.8 Å². The number of alkyl halides is 2. The number of rotatable bonds is 5. The summed E-state index contributed by atoms with van der Waals surface area (Å²) >= 11 is 0. The van der Waals surface area contributed by atoms with Crippen LogP contribution in [0.25, 0.3) is 0 Å². The molecule has 0 spiro atoms. The van der Waals surface area contributed by atoms with Gasteiger partial charge in [-0.1, -0.05) is 0 Å². The SMILES string of the molecule is COC(=O)c1[nH]ncc1NC(=O)c1ccn(CC(F)F)n1. The maximum absolute atomic E-state index is 12.2. The summed E-state index contributed by atoms with van der Waals surface area (Å²) in [4.78, 5) is 23.3. The van der Waals surface area contributed by atoms with Gasteiger partial charge in [0.15, 0.2) is 11.4 Å². The summed E-state index contributed by atoms with van der Waals surface area (Å²) < 4.78 is 29.8. The Labute approximate surface area is 117 Å². The van der Waals surface area contributed by atoms with E-state index in [9.17, 15) is 18.4 Å². The number of aromatic amines is 1. The van der Waals surface area contributed by atoms with Crippen LogP contribution in [0.4, 0.5) is 14.5 Å². The van der Waals surface area contributed by atoms with Gasteiger partial charge in [-0.2, -0.15) is 10.2 Å². The van der Waals surface area contributed by atoms with E-state index in [1.54, 1.807) is 0 Å². The molecule has 21 heavy (non-hydrogen) atoms. The fraction of sp³-hybridized carbons (Fsp3) is 0.273. The Kier molecular flexibility index (Phi) is 4.26. The third kappa shape index (κ3) is 3.41. The summed E-state index contributed by atoms with van der Waals surface area (Å²) in [6.45, 7) is -0.605. The van der Waals surface area contributed by atoms with Crippen LogP contribution in [0.3, 0.4) is 0 Å². The molecule has 2 aromatic rings. The van der Waals surface area contributed by atoms with Crippen molar-refractivity contribution >= 4 is 17.6 Å². The number of hydrogen-bond acceptors (Lipinski definition) is 5. The number of hydrogen-bond donors (Lipinski definition) is 2. The molecule has 10 heteroatoms. The largest absolute Gasteiger partial charge is 0.464 e. The van der Waals surface area contributed by atoms with Crippen molar-refractivity contribution < 1.29 is 23.1 Å². The van der Waals surface area contributed by atoms with E-state index in [2.05, 4.69) is 25.3 Å². The number of methoxy groups -OCH3 is 1. The normalized spacial score (nSPS) is 10.7. The Morgan fingerprint density at radius 2 is 2.29 bits per heavy atom. The van der Waals surface area contributed by atoms with Gasteiger partial charge < -0.3 is 10.1 Å². The molecule has 0 fully saturated rings. The Morgan fingerprint density at radius 1 is 1.52 bits per heavy atom. The molecule has 0 saturated heterocycles. The van der Waals surface area contributed by atoms with E-state index in [1.807, 2.05) is 0 Å². The first-order valence-electron chi connectivity index (χ1n) is 5.76. The molecule has 0 atom stereocenters. The number of anilines is 1. The van der Waals surface area contributed by atoms with Gasteiger partial charge in [0.05, 0.1) is 19.0 Å². The molecule has 112 valence electrons. The number of carbonyl (C=O) groups is 2. The summed E-state index contributed by atoms with van der Waals surface area (Å²) in [5.41, 5.74) is 0.0146. The van der Waals surface area contributed by atoms with Gasteiger partial charge in [-0.25, -0.2) is 13.6 Å². The molecule has 0 aliphatic carbocycles. The van der Waals surface area contributed by atoms with Crippen LogP contribution in [-0.2, 0) is 11.3 Å². The fourth-order valence-corrected chi connectivity index (χ4v) is 1.55. The molecule has 2 heterocycles. The zero-order chi connectivity index (χ0) is 15.4. The second kappa shape index (κ2) is 6.11. The third-order valence-corrected chi connectivity index (χ3v) is 2.48. The molecule has 2 aromatic heterocycles. The van der Waals surface area contributed by atoms with E-state index >= 15 is 0 Å². The van der Waals surface area contributed by atoms with E-state index in [0.29, 0.717) is 0 Å². The summed E-state index contributed by atoms with van der Waals surface area (Å²) in [6.07, 6.45) is -0.0848. The molecule has 2 N–H and O–H groups in total. The van der Waals surface area contributed by atoms with Crippen molar-refractivity contribution in [3.63, 3.8) is 0 Å². The molecule has 8 nitrogen and oxygen atoms in total. The van der Waals surface area contributed by atoms with Crippen molar-refractivity contribution in [1.82, 2.24) is 20.0 Å². The number of amides is 1. The summed E-state index contributed by atoms with van der Waals surface area (Å²) in [5, 5.41) is 12.1. The highest BCUT2D eigenvalue weighted by Crippen LogP contribution is 2.13. The Balaban J connectivity index is 2.10. The highest BCUT2D eigenvalue weighted by Gasteiger charge is 2.18. The lowest BCUT2D eigenvalue weighted by atomic mass is 10.3. The lowest BCUT2D eigenvalue weighted by Crippen LogP contribution is -2.16. The number of esters is 1. The first-order valence-corrected chi connectivity index (χ1v) is 5.76.